The molecule has 0 aliphatic carbocycles. The molecule has 1 aromatic heterocycles. The fraction of sp³-hybridized carbons (Fsp3) is 0.150. The van der Waals surface area contributed by atoms with Gasteiger partial charge in [0.15, 0.2) is 5.78 Å². The second kappa shape index (κ2) is 7.49. The van der Waals surface area contributed by atoms with Gasteiger partial charge in [0.1, 0.15) is 0 Å². The van der Waals surface area contributed by atoms with Gasteiger partial charge in [0.2, 0.25) is 5.91 Å². The first-order valence-corrected chi connectivity index (χ1v) is 8.86. The Hall–Kier alpha value is -2.66. The van der Waals surface area contributed by atoms with Gasteiger partial charge in [0.25, 0.3) is 0 Å². The van der Waals surface area contributed by atoms with Crippen LogP contribution in [0.1, 0.15) is 24.2 Å². The van der Waals surface area contributed by atoms with Crippen LogP contribution in [0.15, 0.2) is 65.7 Å². The Kier molecular flexibility index (Phi) is 5.14. The molecule has 0 aliphatic rings. The molecule has 1 heterocycles. The first kappa shape index (κ1) is 17.2. The quantitative estimate of drug-likeness (QED) is 0.541. The third-order valence-corrected chi connectivity index (χ3v) is 4.84. The van der Waals surface area contributed by atoms with Gasteiger partial charge in [-0.25, -0.2) is 4.98 Å². The summed E-state index contributed by atoms with van der Waals surface area (Å²) in [4.78, 5) is 28.7. The van der Waals surface area contributed by atoms with Gasteiger partial charge in [0, 0.05) is 10.9 Å². The SMILES string of the molecule is CC(=O)c1ccccc1NC(=O)C(C)Sc1ccc2ccccc2n1. The van der Waals surface area contributed by atoms with Gasteiger partial charge in [-0.1, -0.05) is 48.2 Å². The minimum absolute atomic E-state index is 0.0765. The molecule has 25 heavy (non-hydrogen) atoms. The predicted octanol–water partition coefficient (Wildman–Crippen LogP) is 4.56. The van der Waals surface area contributed by atoms with Crippen molar-refractivity contribution in [3.63, 3.8) is 0 Å². The maximum absolute atomic E-state index is 12.5. The number of benzene rings is 2. The number of fused-ring (bicyclic) bond motifs is 1. The van der Waals surface area contributed by atoms with Gasteiger partial charge in [-0.15, -0.1) is 0 Å². The van der Waals surface area contributed by atoms with Crippen molar-refractivity contribution in [1.29, 1.82) is 0 Å². The van der Waals surface area contributed by atoms with Gasteiger partial charge in [-0.05, 0) is 38.1 Å². The van der Waals surface area contributed by atoms with Crippen LogP contribution in [0.3, 0.4) is 0 Å². The maximum Gasteiger partial charge on any atom is 0.237 e. The van der Waals surface area contributed by atoms with Gasteiger partial charge < -0.3 is 5.32 Å². The molecule has 1 unspecified atom stereocenters. The lowest BCUT2D eigenvalue weighted by atomic mass is 10.1. The van der Waals surface area contributed by atoms with E-state index in [2.05, 4.69) is 10.3 Å². The van der Waals surface area contributed by atoms with Crippen LogP contribution in [0.2, 0.25) is 0 Å². The number of nitrogens with zero attached hydrogens (tertiary/aromatic N) is 1. The van der Waals surface area contributed by atoms with Gasteiger partial charge in [0.05, 0.1) is 21.5 Å². The minimum Gasteiger partial charge on any atom is -0.324 e. The molecule has 1 amide bonds. The highest BCUT2D eigenvalue weighted by Gasteiger charge is 2.17. The predicted molar refractivity (Wildman–Crippen MR) is 102 cm³/mol. The summed E-state index contributed by atoms with van der Waals surface area (Å²) in [5.41, 5.74) is 1.96. The normalized spacial score (nSPS) is 11.9. The molecule has 0 bridgehead atoms. The van der Waals surface area contributed by atoms with E-state index in [0.717, 1.165) is 15.9 Å². The van der Waals surface area contributed by atoms with E-state index in [4.69, 9.17) is 0 Å². The van der Waals surface area contributed by atoms with Crippen molar-refractivity contribution in [3.8, 4) is 0 Å². The number of hydrogen-bond donors (Lipinski definition) is 1. The lowest BCUT2D eigenvalue weighted by Crippen LogP contribution is -2.23. The van der Waals surface area contributed by atoms with Crippen LogP contribution in [0.4, 0.5) is 5.69 Å². The van der Waals surface area contributed by atoms with Crippen molar-refractivity contribution in [3.05, 3.63) is 66.2 Å². The van der Waals surface area contributed by atoms with Crippen LogP contribution in [-0.2, 0) is 4.79 Å². The molecule has 0 saturated carbocycles. The number of para-hydroxylation sites is 2. The molecule has 3 aromatic rings. The van der Waals surface area contributed by atoms with E-state index in [-0.39, 0.29) is 16.9 Å². The van der Waals surface area contributed by atoms with Crippen LogP contribution in [0.25, 0.3) is 10.9 Å². The van der Waals surface area contributed by atoms with E-state index in [1.165, 1.54) is 18.7 Å². The average Bonchev–Trinajstić information content (AvgIpc) is 2.61. The molecule has 0 saturated heterocycles. The van der Waals surface area contributed by atoms with Crippen LogP contribution in [0, 0.1) is 0 Å². The van der Waals surface area contributed by atoms with Crippen LogP contribution in [0.5, 0.6) is 0 Å². The fourth-order valence-corrected chi connectivity index (χ4v) is 3.31. The summed E-state index contributed by atoms with van der Waals surface area (Å²) in [6.07, 6.45) is 0. The summed E-state index contributed by atoms with van der Waals surface area (Å²) in [6.45, 7) is 3.31. The summed E-state index contributed by atoms with van der Waals surface area (Å²) in [5, 5.41) is 4.36. The molecule has 126 valence electrons. The molecular weight excluding hydrogens is 332 g/mol. The third-order valence-electron chi connectivity index (χ3n) is 3.80. The average molecular weight is 350 g/mol. The van der Waals surface area contributed by atoms with Crippen LogP contribution < -0.4 is 5.32 Å². The first-order valence-electron chi connectivity index (χ1n) is 7.98. The number of hydrogen-bond acceptors (Lipinski definition) is 4. The van der Waals surface area contributed by atoms with Crippen LogP contribution in [-0.4, -0.2) is 21.9 Å². The molecule has 0 aliphatic heterocycles. The molecule has 0 fully saturated rings. The zero-order chi connectivity index (χ0) is 17.8. The smallest absolute Gasteiger partial charge is 0.237 e. The number of ketones is 1. The lowest BCUT2D eigenvalue weighted by molar-refractivity contribution is -0.115. The minimum atomic E-state index is -0.339. The van der Waals surface area contributed by atoms with E-state index in [1.807, 2.05) is 43.3 Å². The van der Waals surface area contributed by atoms with E-state index in [9.17, 15) is 9.59 Å². The van der Waals surface area contributed by atoms with Crippen molar-refractivity contribution in [1.82, 2.24) is 4.98 Å². The third kappa shape index (κ3) is 4.06. The summed E-state index contributed by atoms with van der Waals surface area (Å²) >= 11 is 1.39. The highest BCUT2D eigenvalue weighted by Crippen LogP contribution is 2.25. The number of thioether (sulfide) groups is 1. The van der Waals surface area contributed by atoms with Crippen molar-refractivity contribution in [2.75, 3.05) is 5.32 Å². The Bertz CT molecular complexity index is 940. The van der Waals surface area contributed by atoms with E-state index in [0.29, 0.717) is 11.3 Å². The number of aromatic nitrogens is 1. The number of rotatable bonds is 5. The summed E-state index contributed by atoms with van der Waals surface area (Å²) in [7, 11) is 0. The molecule has 0 spiro atoms. The van der Waals surface area contributed by atoms with Crippen molar-refractivity contribution in [2.24, 2.45) is 0 Å². The van der Waals surface area contributed by atoms with E-state index < -0.39 is 0 Å². The monoisotopic (exact) mass is 350 g/mol. The van der Waals surface area contributed by atoms with Crippen molar-refractivity contribution >= 4 is 40.0 Å². The Morgan fingerprint density at radius 2 is 1.72 bits per heavy atom. The zero-order valence-electron chi connectivity index (χ0n) is 14.0. The largest absolute Gasteiger partial charge is 0.324 e. The highest BCUT2D eigenvalue weighted by molar-refractivity contribution is 8.00. The molecule has 1 N–H and O–H groups in total. The second-order valence-electron chi connectivity index (χ2n) is 5.69. The lowest BCUT2D eigenvalue weighted by Gasteiger charge is -2.13. The zero-order valence-corrected chi connectivity index (χ0v) is 14.8. The fourth-order valence-electron chi connectivity index (χ4n) is 2.48. The standard InChI is InChI=1S/C20H18N2O2S/c1-13(23)16-8-4-6-10-18(16)22-20(24)14(2)25-19-12-11-15-7-3-5-9-17(15)21-19/h3-12,14H,1-2H3,(H,22,24). The molecule has 5 heteroatoms. The van der Waals surface area contributed by atoms with E-state index >= 15 is 0 Å². The number of nitrogens with one attached hydrogen (secondary N) is 1. The van der Waals surface area contributed by atoms with Crippen molar-refractivity contribution in [2.45, 2.75) is 24.1 Å². The number of Topliss-reactive ketones (excluding diaryl/α,β-unsaturated/α-hetero) is 1. The van der Waals surface area contributed by atoms with E-state index in [1.54, 1.807) is 24.3 Å². The molecule has 4 nitrogen and oxygen atoms in total. The molecular formula is C20H18N2O2S. The van der Waals surface area contributed by atoms with Crippen LogP contribution >= 0.6 is 11.8 Å². The number of pyridine rings is 1. The Balaban J connectivity index is 1.73. The Morgan fingerprint density at radius 1 is 1.00 bits per heavy atom. The molecule has 1 atom stereocenters. The number of anilines is 1. The number of carbonyl (C=O) groups is 2. The molecule has 3 rings (SSSR count). The molecule has 2 aromatic carbocycles. The maximum atomic E-state index is 12.5. The van der Waals surface area contributed by atoms with Gasteiger partial charge >= 0.3 is 0 Å². The topological polar surface area (TPSA) is 59.1 Å². The first-order chi connectivity index (χ1) is 12.0. The highest BCUT2D eigenvalue weighted by atomic mass is 32.2. The second-order valence-corrected chi connectivity index (χ2v) is 7.05. The number of amides is 1. The van der Waals surface area contributed by atoms with Crippen molar-refractivity contribution < 1.29 is 9.59 Å². The van der Waals surface area contributed by atoms with Gasteiger partial charge in [-0.3, -0.25) is 9.59 Å². The Morgan fingerprint density at radius 3 is 2.52 bits per heavy atom. The molecule has 0 radical (unpaired) electrons. The summed E-state index contributed by atoms with van der Waals surface area (Å²) in [6, 6.07) is 18.8. The summed E-state index contributed by atoms with van der Waals surface area (Å²) in [5.74, 6) is -0.235. The van der Waals surface area contributed by atoms with Gasteiger partial charge in [-0.2, -0.15) is 0 Å². The summed E-state index contributed by atoms with van der Waals surface area (Å²) < 4.78 is 0. The number of carbonyl (C=O) groups excluding carboxylic acids is 2. The Labute approximate surface area is 150 Å².